The first-order valence-corrected chi connectivity index (χ1v) is 6.81. The molecule has 1 N–H and O–H groups in total. The van der Waals surface area contributed by atoms with Crippen molar-refractivity contribution in [3.8, 4) is 0 Å². The van der Waals surface area contributed by atoms with Crippen LogP contribution < -0.4 is 5.32 Å². The summed E-state index contributed by atoms with van der Waals surface area (Å²) >= 11 is 0. The largest absolute Gasteiger partial charge is 0.303 e. The van der Waals surface area contributed by atoms with Gasteiger partial charge in [0.15, 0.2) is 5.78 Å². The number of nitrogens with one attached hydrogen (secondary N) is 1. The van der Waals surface area contributed by atoms with Crippen molar-refractivity contribution in [3.05, 3.63) is 65.0 Å². The van der Waals surface area contributed by atoms with Crippen LogP contribution in [0.4, 0.5) is 0 Å². The van der Waals surface area contributed by atoms with E-state index >= 15 is 0 Å². The Bertz CT molecular complexity index is 593. The van der Waals surface area contributed by atoms with Crippen LogP contribution in [0.15, 0.2) is 42.7 Å². The zero-order valence-corrected chi connectivity index (χ0v) is 12.2. The van der Waals surface area contributed by atoms with Gasteiger partial charge in [0.25, 0.3) is 0 Å². The molecule has 0 aliphatic rings. The van der Waals surface area contributed by atoms with E-state index in [-0.39, 0.29) is 11.8 Å². The molecule has 0 radical (unpaired) electrons. The number of aryl methyl sites for hydroxylation is 2. The molecule has 0 aliphatic heterocycles. The highest BCUT2D eigenvalue weighted by Gasteiger charge is 2.16. The molecule has 1 unspecified atom stereocenters. The van der Waals surface area contributed by atoms with Crippen LogP contribution >= 0.6 is 0 Å². The maximum atomic E-state index is 12.4. The second-order valence-corrected chi connectivity index (χ2v) is 5.15. The zero-order chi connectivity index (χ0) is 14.5. The second-order valence-electron chi connectivity index (χ2n) is 5.15. The van der Waals surface area contributed by atoms with Gasteiger partial charge in [-0.3, -0.25) is 9.78 Å². The molecular formula is C17H20N2O. The standard InChI is InChI=1S/C17H20N2O/c1-12-6-7-16(13(2)9-12)17(20)14(3)19-11-15-5-4-8-18-10-15/h4-10,14,19H,11H2,1-3H3. The molecule has 0 fully saturated rings. The first kappa shape index (κ1) is 14.4. The molecular weight excluding hydrogens is 248 g/mol. The van der Waals surface area contributed by atoms with E-state index in [9.17, 15) is 4.79 Å². The zero-order valence-electron chi connectivity index (χ0n) is 12.2. The molecule has 1 atom stereocenters. The number of ketones is 1. The number of Topliss-reactive ketones (excluding diaryl/α,β-unsaturated/α-hetero) is 1. The molecule has 3 nitrogen and oxygen atoms in total. The first-order chi connectivity index (χ1) is 9.58. The molecule has 0 saturated heterocycles. The van der Waals surface area contributed by atoms with Gasteiger partial charge < -0.3 is 5.32 Å². The maximum absolute atomic E-state index is 12.4. The van der Waals surface area contributed by atoms with Crippen molar-refractivity contribution < 1.29 is 4.79 Å². The van der Waals surface area contributed by atoms with E-state index in [1.165, 1.54) is 5.56 Å². The number of carbonyl (C=O) groups excluding carboxylic acids is 1. The van der Waals surface area contributed by atoms with E-state index in [1.807, 2.05) is 51.1 Å². The van der Waals surface area contributed by atoms with E-state index in [1.54, 1.807) is 12.4 Å². The normalized spacial score (nSPS) is 12.2. The smallest absolute Gasteiger partial charge is 0.179 e. The molecule has 0 aliphatic carbocycles. The lowest BCUT2D eigenvalue weighted by Gasteiger charge is -2.14. The Hall–Kier alpha value is -2.00. The fraction of sp³-hybridized carbons (Fsp3) is 0.294. The minimum atomic E-state index is -0.211. The number of pyridine rings is 1. The summed E-state index contributed by atoms with van der Waals surface area (Å²) in [6.45, 7) is 6.56. The Labute approximate surface area is 120 Å². The van der Waals surface area contributed by atoms with Gasteiger partial charge in [0.2, 0.25) is 0 Å². The van der Waals surface area contributed by atoms with Gasteiger partial charge in [-0.15, -0.1) is 0 Å². The third kappa shape index (κ3) is 3.52. The SMILES string of the molecule is Cc1ccc(C(=O)C(C)NCc2cccnc2)c(C)c1. The minimum absolute atomic E-state index is 0.131. The maximum Gasteiger partial charge on any atom is 0.179 e. The number of nitrogens with zero attached hydrogens (tertiary/aromatic N) is 1. The molecule has 0 bridgehead atoms. The summed E-state index contributed by atoms with van der Waals surface area (Å²) < 4.78 is 0. The number of carbonyl (C=O) groups is 1. The average molecular weight is 268 g/mol. The number of aromatic nitrogens is 1. The highest BCUT2D eigenvalue weighted by molar-refractivity contribution is 6.01. The van der Waals surface area contributed by atoms with Crippen LogP contribution in [-0.4, -0.2) is 16.8 Å². The molecule has 2 aromatic rings. The van der Waals surface area contributed by atoms with Crippen LogP contribution in [0.5, 0.6) is 0 Å². The quantitative estimate of drug-likeness (QED) is 0.847. The Morgan fingerprint density at radius 1 is 1.30 bits per heavy atom. The topological polar surface area (TPSA) is 42.0 Å². The average Bonchev–Trinajstić information content (AvgIpc) is 2.45. The molecule has 1 aromatic heterocycles. The summed E-state index contributed by atoms with van der Waals surface area (Å²) in [4.78, 5) is 16.5. The van der Waals surface area contributed by atoms with E-state index in [0.717, 1.165) is 16.7 Å². The predicted molar refractivity (Wildman–Crippen MR) is 80.8 cm³/mol. The summed E-state index contributed by atoms with van der Waals surface area (Å²) in [5.41, 5.74) is 4.08. The van der Waals surface area contributed by atoms with Gasteiger partial charge in [0.05, 0.1) is 6.04 Å². The first-order valence-electron chi connectivity index (χ1n) is 6.81. The second kappa shape index (κ2) is 6.44. The van der Waals surface area contributed by atoms with Crippen molar-refractivity contribution in [2.24, 2.45) is 0 Å². The van der Waals surface area contributed by atoms with E-state index in [2.05, 4.69) is 10.3 Å². The third-order valence-corrected chi connectivity index (χ3v) is 3.38. The molecule has 104 valence electrons. The summed E-state index contributed by atoms with van der Waals surface area (Å²) in [5.74, 6) is 0.131. The Kier molecular flexibility index (Phi) is 4.64. The highest BCUT2D eigenvalue weighted by Crippen LogP contribution is 2.13. The minimum Gasteiger partial charge on any atom is -0.303 e. The summed E-state index contributed by atoms with van der Waals surface area (Å²) in [7, 11) is 0. The van der Waals surface area contributed by atoms with Crippen molar-refractivity contribution in [2.75, 3.05) is 0 Å². The van der Waals surface area contributed by atoms with Gasteiger partial charge in [0, 0.05) is 24.5 Å². The monoisotopic (exact) mass is 268 g/mol. The van der Waals surface area contributed by atoms with Crippen molar-refractivity contribution in [1.29, 1.82) is 0 Å². The molecule has 3 heteroatoms. The van der Waals surface area contributed by atoms with Gasteiger partial charge in [-0.1, -0.05) is 29.8 Å². The summed E-state index contributed by atoms with van der Waals surface area (Å²) in [6, 6.07) is 9.61. The Morgan fingerprint density at radius 3 is 2.75 bits per heavy atom. The molecule has 1 heterocycles. The van der Waals surface area contributed by atoms with Crippen molar-refractivity contribution >= 4 is 5.78 Å². The van der Waals surface area contributed by atoms with E-state index < -0.39 is 0 Å². The van der Waals surface area contributed by atoms with Crippen LogP contribution in [-0.2, 0) is 6.54 Å². The van der Waals surface area contributed by atoms with Gasteiger partial charge in [-0.05, 0) is 38.0 Å². The number of rotatable bonds is 5. The van der Waals surface area contributed by atoms with Crippen LogP contribution in [0.3, 0.4) is 0 Å². The van der Waals surface area contributed by atoms with Crippen LogP contribution in [0, 0.1) is 13.8 Å². The number of hydrogen-bond acceptors (Lipinski definition) is 3. The predicted octanol–water partition coefficient (Wildman–Crippen LogP) is 3.06. The fourth-order valence-electron chi connectivity index (χ4n) is 2.19. The van der Waals surface area contributed by atoms with Crippen LogP contribution in [0.25, 0.3) is 0 Å². The molecule has 0 amide bonds. The lowest BCUT2D eigenvalue weighted by atomic mass is 9.98. The van der Waals surface area contributed by atoms with E-state index in [4.69, 9.17) is 0 Å². The summed E-state index contributed by atoms with van der Waals surface area (Å²) in [5, 5.41) is 3.25. The van der Waals surface area contributed by atoms with Crippen molar-refractivity contribution in [2.45, 2.75) is 33.4 Å². The summed E-state index contributed by atoms with van der Waals surface area (Å²) in [6.07, 6.45) is 3.55. The Morgan fingerprint density at radius 2 is 2.10 bits per heavy atom. The number of hydrogen-bond donors (Lipinski definition) is 1. The molecule has 0 spiro atoms. The van der Waals surface area contributed by atoms with Gasteiger partial charge in [0.1, 0.15) is 0 Å². The molecule has 1 aromatic carbocycles. The lowest BCUT2D eigenvalue weighted by Crippen LogP contribution is -2.33. The third-order valence-electron chi connectivity index (χ3n) is 3.38. The van der Waals surface area contributed by atoms with Crippen LogP contribution in [0.2, 0.25) is 0 Å². The van der Waals surface area contributed by atoms with Gasteiger partial charge in [-0.25, -0.2) is 0 Å². The molecule has 20 heavy (non-hydrogen) atoms. The van der Waals surface area contributed by atoms with Gasteiger partial charge >= 0.3 is 0 Å². The fourth-order valence-corrected chi connectivity index (χ4v) is 2.19. The Balaban J connectivity index is 2.01. The van der Waals surface area contributed by atoms with Gasteiger partial charge in [-0.2, -0.15) is 0 Å². The lowest BCUT2D eigenvalue weighted by molar-refractivity contribution is 0.0949. The molecule has 2 rings (SSSR count). The highest BCUT2D eigenvalue weighted by atomic mass is 16.1. The number of benzene rings is 1. The molecule has 0 saturated carbocycles. The van der Waals surface area contributed by atoms with E-state index in [0.29, 0.717) is 6.54 Å². The van der Waals surface area contributed by atoms with Crippen molar-refractivity contribution in [3.63, 3.8) is 0 Å². The van der Waals surface area contributed by atoms with Crippen LogP contribution in [0.1, 0.15) is 34.0 Å². The van der Waals surface area contributed by atoms with Crippen molar-refractivity contribution in [1.82, 2.24) is 10.3 Å².